The first-order chi connectivity index (χ1) is 9.51. The molecule has 0 saturated carbocycles. The van der Waals surface area contributed by atoms with E-state index in [0.29, 0.717) is 15.6 Å². The fourth-order valence-corrected chi connectivity index (χ4v) is 5.19. The molecule has 4 nitrogen and oxygen atoms in total. The van der Waals surface area contributed by atoms with Gasteiger partial charge in [-0.25, -0.2) is 4.31 Å². The van der Waals surface area contributed by atoms with Gasteiger partial charge in [-0.15, -0.1) is 11.3 Å². The lowest BCUT2D eigenvalue weighted by atomic mass is 10.1. The van der Waals surface area contributed by atoms with Crippen molar-refractivity contribution >= 4 is 33.1 Å². The lowest BCUT2D eigenvalue weighted by molar-refractivity contribution is 0.593. The molecule has 0 fully saturated rings. The fraction of sp³-hybridized carbons (Fsp3) is 0.143. The van der Waals surface area contributed by atoms with Gasteiger partial charge in [-0.3, -0.25) is 0 Å². The Labute approximate surface area is 122 Å². The third kappa shape index (κ3) is 1.96. The second-order valence-electron chi connectivity index (χ2n) is 4.63. The van der Waals surface area contributed by atoms with E-state index in [-0.39, 0.29) is 6.04 Å². The molecule has 0 aliphatic carbocycles. The van der Waals surface area contributed by atoms with Crippen LogP contribution in [0, 0.1) is 0 Å². The first kappa shape index (κ1) is 13.4. The predicted molar refractivity (Wildman–Crippen MR) is 82.1 cm³/mol. The quantitative estimate of drug-likeness (QED) is 0.927. The van der Waals surface area contributed by atoms with Gasteiger partial charge in [0, 0.05) is 11.6 Å². The summed E-state index contributed by atoms with van der Waals surface area (Å²) in [6.45, 7) is 1.79. The molecule has 3 rings (SSSR count). The second-order valence-corrected chi connectivity index (χ2v) is 7.52. The van der Waals surface area contributed by atoms with Gasteiger partial charge in [0.2, 0.25) is 0 Å². The molecular formula is C14H14N2O2S2. The molecule has 2 aromatic rings. The van der Waals surface area contributed by atoms with Crippen LogP contribution in [0.25, 0.3) is 6.08 Å². The molecule has 1 aliphatic heterocycles. The van der Waals surface area contributed by atoms with Crippen molar-refractivity contribution in [3.8, 4) is 0 Å². The van der Waals surface area contributed by atoms with Gasteiger partial charge in [-0.1, -0.05) is 18.2 Å². The van der Waals surface area contributed by atoms with Crippen molar-refractivity contribution < 1.29 is 8.42 Å². The minimum atomic E-state index is -3.58. The molecule has 0 unspecified atom stereocenters. The van der Waals surface area contributed by atoms with E-state index >= 15 is 0 Å². The Morgan fingerprint density at radius 1 is 1.20 bits per heavy atom. The maximum atomic E-state index is 12.8. The maximum Gasteiger partial charge on any atom is 0.278 e. The Morgan fingerprint density at radius 2 is 1.90 bits per heavy atom. The van der Waals surface area contributed by atoms with Gasteiger partial charge in [-0.05, 0) is 36.6 Å². The first-order valence-corrected chi connectivity index (χ1v) is 8.49. The van der Waals surface area contributed by atoms with Crippen LogP contribution in [0.4, 0.5) is 5.69 Å². The summed E-state index contributed by atoms with van der Waals surface area (Å²) in [6, 6.07) is 10.5. The third-order valence-electron chi connectivity index (χ3n) is 3.13. The van der Waals surface area contributed by atoms with E-state index < -0.39 is 10.0 Å². The molecule has 1 aromatic heterocycles. The zero-order valence-corrected chi connectivity index (χ0v) is 12.5. The fourth-order valence-electron chi connectivity index (χ4n) is 2.23. The molecule has 0 spiro atoms. The lowest BCUT2D eigenvalue weighted by Gasteiger charge is -2.31. The molecule has 0 saturated heterocycles. The van der Waals surface area contributed by atoms with Crippen LogP contribution < -0.4 is 10.0 Å². The summed E-state index contributed by atoms with van der Waals surface area (Å²) in [5, 5.41) is 1.78. The van der Waals surface area contributed by atoms with Crippen LogP contribution in [0.5, 0.6) is 0 Å². The number of sulfonamides is 1. The van der Waals surface area contributed by atoms with Gasteiger partial charge in [0.15, 0.2) is 0 Å². The molecule has 1 aliphatic rings. The summed E-state index contributed by atoms with van der Waals surface area (Å²) in [5.41, 5.74) is 7.88. The van der Waals surface area contributed by atoms with Crippen LogP contribution in [0.2, 0.25) is 0 Å². The number of nitrogens with two attached hydrogens (primary N) is 1. The standard InChI is InChI=1S/C14H14N2O2S2/c1-10(15)13-9-11-7-8-19-14(11)20(17,18)16(13)12-5-3-2-4-6-12/h2-10H,15H2,1H3/t10-/m0/s1. The van der Waals surface area contributed by atoms with Gasteiger partial charge in [0.05, 0.1) is 11.4 Å². The van der Waals surface area contributed by atoms with Crippen molar-refractivity contribution in [2.45, 2.75) is 17.2 Å². The van der Waals surface area contributed by atoms with Gasteiger partial charge in [0.25, 0.3) is 10.0 Å². The van der Waals surface area contributed by atoms with Crippen molar-refractivity contribution in [2.75, 3.05) is 4.31 Å². The largest absolute Gasteiger partial charge is 0.323 e. The minimum Gasteiger partial charge on any atom is -0.323 e. The predicted octanol–water partition coefficient (Wildman–Crippen LogP) is 2.65. The van der Waals surface area contributed by atoms with E-state index in [0.717, 1.165) is 5.56 Å². The van der Waals surface area contributed by atoms with E-state index in [9.17, 15) is 8.42 Å². The smallest absolute Gasteiger partial charge is 0.278 e. The number of fused-ring (bicyclic) bond motifs is 1. The van der Waals surface area contributed by atoms with E-state index in [2.05, 4.69) is 0 Å². The number of thiophene rings is 1. The molecule has 1 aromatic carbocycles. The molecule has 0 amide bonds. The Balaban J connectivity index is 2.27. The number of nitrogens with zero attached hydrogens (tertiary/aromatic N) is 1. The van der Waals surface area contributed by atoms with Crippen LogP contribution >= 0.6 is 11.3 Å². The lowest BCUT2D eigenvalue weighted by Crippen LogP contribution is -2.39. The van der Waals surface area contributed by atoms with Crippen LogP contribution in [0.15, 0.2) is 51.7 Å². The molecule has 0 bridgehead atoms. The van der Waals surface area contributed by atoms with E-state index in [1.54, 1.807) is 24.4 Å². The first-order valence-electron chi connectivity index (χ1n) is 6.17. The number of anilines is 1. The topological polar surface area (TPSA) is 63.4 Å². The van der Waals surface area contributed by atoms with E-state index in [1.165, 1.54) is 15.6 Å². The Bertz CT molecular complexity index is 761. The summed E-state index contributed by atoms with van der Waals surface area (Å²) in [6.07, 6.45) is 1.85. The van der Waals surface area contributed by atoms with Crippen molar-refractivity contribution in [3.63, 3.8) is 0 Å². The second kappa shape index (κ2) is 4.73. The number of hydrogen-bond acceptors (Lipinski definition) is 4. The zero-order valence-electron chi connectivity index (χ0n) is 10.9. The molecule has 20 heavy (non-hydrogen) atoms. The van der Waals surface area contributed by atoms with Crippen molar-refractivity contribution in [2.24, 2.45) is 5.73 Å². The van der Waals surface area contributed by atoms with Crippen molar-refractivity contribution in [3.05, 3.63) is 53.0 Å². The average Bonchev–Trinajstić information content (AvgIpc) is 2.88. The zero-order chi connectivity index (χ0) is 14.3. The van der Waals surface area contributed by atoms with Crippen molar-refractivity contribution in [1.82, 2.24) is 0 Å². The Kier molecular flexibility index (Phi) is 3.16. The highest BCUT2D eigenvalue weighted by atomic mass is 32.2. The Morgan fingerprint density at radius 3 is 2.55 bits per heavy atom. The highest BCUT2D eigenvalue weighted by Crippen LogP contribution is 2.38. The minimum absolute atomic E-state index is 0.366. The van der Waals surface area contributed by atoms with Gasteiger partial charge < -0.3 is 5.73 Å². The van der Waals surface area contributed by atoms with Gasteiger partial charge >= 0.3 is 0 Å². The van der Waals surface area contributed by atoms with Crippen molar-refractivity contribution in [1.29, 1.82) is 0 Å². The normalized spacial score (nSPS) is 18.3. The van der Waals surface area contributed by atoms with E-state index in [4.69, 9.17) is 5.73 Å². The Hall–Kier alpha value is -1.63. The van der Waals surface area contributed by atoms with E-state index in [1.807, 2.05) is 30.3 Å². The van der Waals surface area contributed by atoms with Crippen LogP contribution in [0.1, 0.15) is 12.5 Å². The average molecular weight is 306 g/mol. The summed E-state index contributed by atoms with van der Waals surface area (Å²) in [5.74, 6) is 0. The summed E-state index contributed by atoms with van der Waals surface area (Å²) < 4.78 is 27.4. The highest BCUT2D eigenvalue weighted by molar-refractivity contribution is 7.95. The summed E-state index contributed by atoms with van der Waals surface area (Å²) in [7, 11) is -3.58. The summed E-state index contributed by atoms with van der Waals surface area (Å²) >= 11 is 1.23. The molecule has 1 atom stereocenters. The highest BCUT2D eigenvalue weighted by Gasteiger charge is 2.35. The molecular weight excluding hydrogens is 292 g/mol. The number of hydrogen-bond donors (Lipinski definition) is 1. The third-order valence-corrected chi connectivity index (χ3v) is 6.38. The maximum absolute atomic E-state index is 12.8. The molecule has 6 heteroatoms. The monoisotopic (exact) mass is 306 g/mol. The SMILES string of the molecule is C[C@H](N)C1=Cc2ccsc2S(=O)(=O)N1c1ccccc1. The molecule has 104 valence electrons. The molecule has 2 N–H and O–H groups in total. The number of benzene rings is 1. The number of para-hydroxylation sites is 1. The van der Waals surface area contributed by atoms with Crippen LogP contribution in [-0.4, -0.2) is 14.5 Å². The molecule has 0 radical (unpaired) electrons. The molecule has 2 heterocycles. The van der Waals surface area contributed by atoms with Crippen LogP contribution in [-0.2, 0) is 10.0 Å². The summed E-state index contributed by atoms with van der Waals surface area (Å²) in [4.78, 5) is 0. The van der Waals surface area contributed by atoms with Crippen LogP contribution in [0.3, 0.4) is 0 Å². The van der Waals surface area contributed by atoms with Gasteiger partial charge in [0.1, 0.15) is 4.21 Å². The number of rotatable bonds is 2. The van der Waals surface area contributed by atoms with Gasteiger partial charge in [-0.2, -0.15) is 8.42 Å².